The van der Waals surface area contributed by atoms with E-state index in [2.05, 4.69) is 4.98 Å². The van der Waals surface area contributed by atoms with E-state index in [1.165, 1.54) is 31.6 Å². The summed E-state index contributed by atoms with van der Waals surface area (Å²) in [6.45, 7) is 9.50. The molecule has 11 heteroatoms. The Morgan fingerprint density at radius 2 is 1.61 bits per heavy atom. The largest absolute Gasteiger partial charge is 0.496 e. The zero-order valence-corrected chi connectivity index (χ0v) is 22.7. The van der Waals surface area contributed by atoms with E-state index in [0.29, 0.717) is 16.9 Å². The van der Waals surface area contributed by atoms with Crippen LogP contribution in [0, 0.1) is 18.6 Å². The predicted octanol–water partition coefficient (Wildman–Crippen LogP) is 4.83. The number of halogens is 2. The molecule has 38 heavy (non-hydrogen) atoms. The molecule has 3 heterocycles. The van der Waals surface area contributed by atoms with Gasteiger partial charge in [0.2, 0.25) is 0 Å². The summed E-state index contributed by atoms with van der Waals surface area (Å²) in [6, 6.07) is 9.85. The molecule has 1 aliphatic heterocycles. The quantitative estimate of drug-likeness (QED) is 0.338. The first-order valence-electron chi connectivity index (χ1n) is 12.0. The highest BCUT2D eigenvalue weighted by Crippen LogP contribution is 2.40. The molecule has 0 spiro atoms. The number of aromatic nitrogens is 2. The van der Waals surface area contributed by atoms with E-state index in [9.17, 15) is 17.2 Å². The monoisotopic (exact) mass is 540 g/mol. The van der Waals surface area contributed by atoms with Gasteiger partial charge in [-0.1, -0.05) is 17.7 Å². The first-order valence-corrected chi connectivity index (χ1v) is 13.4. The molecule has 0 aliphatic carbocycles. The van der Waals surface area contributed by atoms with Crippen molar-refractivity contribution in [3.8, 4) is 16.9 Å². The van der Waals surface area contributed by atoms with Crippen molar-refractivity contribution in [2.24, 2.45) is 0 Å². The maximum Gasteiger partial charge on any atom is 0.496 e. The summed E-state index contributed by atoms with van der Waals surface area (Å²) in [5.41, 5.74) is 0.520. The van der Waals surface area contributed by atoms with Crippen molar-refractivity contribution < 1.29 is 31.2 Å². The molecular weight excluding hydrogens is 513 g/mol. The first kappa shape index (κ1) is 26.3. The number of nitrogens with zero attached hydrogens (tertiary/aromatic N) is 2. The van der Waals surface area contributed by atoms with Crippen molar-refractivity contribution in [1.29, 1.82) is 0 Å². The van der Waals surface area contributed by atoms with E-state index in [1.807, 2.05) is 34.6 Å². The summed E-state index contributed by atoms with van der Waals surface area (Å²) >= 11 is 0. The molecule has 0 unspecified atom stereocenters. The predicted molar refractivity (Wildman–Crippen MR) is 141 cm³/mol. The van der Waals surface area contributed by atoms with E-state index in [0.717, 1.165) is 15.6 Å². The zero-order valence-electron chi connectivity index (χ0n) is 21.9. The molecule has 1 saturated heterocycles. The topological polar surface area (TPSA) is 79.7 Å². The van der Waals surface area contributed by atoms with Crippen LogP contribution in [0.4, 0.5) is 8.78 Å². The van der Waals surface area contributed by atoms with Gasteiger partial charge in [0.1, 0.15) is 5.82 Å². The number of benzene rings is 2. The molecule has 2 aromatic heterocycles. The summed E-state index contributed by atoms with van der Waals surface area (Å²) in [5.74, 6) is -1.98. The lowest BCUT2D eigenvalue weighted by Crippen LogP contribution is -2.41. The standard InChI is InChI=1S/C27H27BF2N2O5S/c1-16-7-9-19(10-8-16)38(33,34)32-15-22(20-12-18(29)13-23(30)24(20)35-6)21-11-17(14-31-25(21)32)28-36-26(2,3)27(4,5)37-28/h7-15H,1-6H3. The van der Waals surface area contributed by atoms with Gasteiger partial charge in [-0.25, -0.2) is 26.2 Å². The molecule has 2 aromatic carbocycles. The molecule has 5 rings (SSSR count). The van der Waals surface area contributed by atoms with Gasteiger partial charge in [0.25, 0.3) is 10.0 Å². The van der Waals surface area contributed by atoms with Gasteiger partial charge in [0, 0.05) is 40.4 Å². The third kappa shape index (κ3) is 4.18. The molecule has 0 bridgehead atoms. The van der Waals surface area contributed by atoms with Crippen LogP contribution in [0.15, 0.2) is 59.8 Å². The van der Waals surface area contributed by atoms with E-state index in [1.54, 1.807) is 18.2 Å². The Morgan fingerprint density at radius 1 is 0.974 bits per heavy atom. The Bertz CT molecular complexity index is 1650. The fraction of sp³-hybridized carbons (Fsp3) is 0.296. The van der Waals surface area contributed by atoms with Gasteiger partial charge in [-0.05, 0) is 58.9 Å². The number of fused-ring (bicyclic) bond motifs is 1. The molecule has 0 amide bonds. The molecule has 7 nitrogen and oxygen atoms in total. The minimum atomic E-state index is -4.12. The van der Waals surface area contributed by atoms with Gasteiger partial charge >= 0.3 is 7.12 Å². The fourth-order valence-corrected chi connectivity index (χ4v) is 5.72. The number of rotatable bonds is 5. The summed E-state index contributed by atoms with van der Waals surface area (Å²) in [6.07, 6.45) is 2.79. The van der Waals surface area contributed by atoms with Crippen LogP contribution in [0.1, 0.15) is 33.3 Å². The van der Waals surface area contributed by atoms with Gasteiger partial charge in [-0.15, -0.1) is 0 Å². The fourth-order valence-electron chi connectivity index (χ4n) is 4.39. The van der Waals surface area contributed by atoms with Crippen molar-refractivity contribution in [2.45, 2.75) is 50.7 Å². The van der Waals surface area contributed by atoms with Crippen molar-refractivity contribution in [2.75, 3.05) is 7.11 Å². The van der Waals surface area contributed by atoms with Gasteiger partial charge in [0.05, 0.1) is 23.2 Å². The Hall–Kier alpha value is -3.28. The third-order valence-electron chi connectivity index (χ3n) is 7.24. The molecule has 4 aromatic rings. The van der Waals surface area contributed by atoms with E-state index >= 15 is 0 Å². The van der Waals surface area contributed by atoms with Crippen LogP contribution >= 0.6 is 0 Å². The second-order valence-electron chi connectivity index (χ2n) is 10.4. The van der Waals surface area contributed by atoms with Crippen molar-refractivity contribution in [3.63, 3.8) is 0 Å². The molecule has 0 saturated carbocycles. The van der Waals surface area contributed by atoms with Gasteiger partial charge < -0.3 is 14.0 Å². The van der Waals surface area contributed by atoms with E-state index in [-0.39, 0.29) is 27.4 Å². The van der Waals surface area contributed by atoms with Crippen LogP contribution in [-0.4, -0.2) is 42.8 Å². The second kappa shape index (κ2) is 8.89. The van der Waals surface area contributed by atoms with E-state index in [4.69, 9.17) is 14.0 Å². The molecule has 0 N–H and O–H groups in total. The Kier molecular flexibility index (Phi) is 6.16. The highest BCUT2D eigenvalue weighted by Gasteiger charge is 2.52. The van der Waals surface area contributed by atoms with E-state index < -0.39 is 40.0 Å². The summed E-state index contributed by atoms with van der Waals surface area (Å²) in [4.78, 5) is 4.51. The van der Waals surface area contributed by atoms with Crippen LogP contribution < -0.4 is 10.2 Å². The number of hydrogen-bond acceptors (Lipinski definition) is 6. The lowest BCUT2D eigenvalue weighted by molar-refractivity contribution is 0.00578. The number of ether oxygens (including phenoxy) is 1. The van der Waals surface area contributed by atoms with Crippen molar-refractivity contribution in [3.05, 3.63) is 72.1 Å². The molecular formula is C27H27BF2N2O5S. The number of aryl methyl sites for hydroxylation is 1. The van der Waals surface area contributed by atoms with Gasteiger partial charge in [-0.2, -0.15) is 0 Å². The van der Waals surface area contributed by atoms with Crippen LogP contribution in [0.2, 0.25) is 0 Å². The molecule has 0 radical (unpaired) electrons. The third-order valence-corrected chi connectivity index (χ3v) is 8.90. The molecule has 1 aliphatic rings. The average molecular weight is 540 g/mol. The molecule has 198 valence electrons. The number of hydrogen-bond donors (Lipinski definition) is 0. The minimum Gasteiger partial charge on any atom is -0.493 e. The maximum atomic E-state index is 14.7. The van der Waals surface area contributed by atoms with Crippen molar-refractivity contribution in [1.82, 2.24) is 8.96 Å². The lowest BCUT2D eigenvalue weighted by atomic mass is 9.79. The SMILES string of the molecule is COc1c(F)cc(F)cc1-c1cn(S(=O)(=O)c2ccc(C)cc2)c2ncc(B3OC(C)(C)C(C)(C)O3)cc12. The number of pyridine rings is 1. The summed E-state index contributed by atoms with van der Waals surface area (Å²) < 4.78 is 75.0. The highest BCUT2D eigenvalue weighted by atomic mass is 32.2. The van der Waals surface area contributed by atoms with Gasteiger partial charge in [0.15, 0.2) is 17.2 Å². The Labute approximate surface area is 220 Å². The zero-order chi connectivity index (χ0) is 27.6. The highest BCUT2D eigenvalue weighted by molar-refractivity contribution is 7.90. The van der Waals surface area contributed by atoms with Gasteiger partial charge in [-0.3, -0.25) is 0 Å². The average Bonchev–Trinajstić information content (AvgIpc) is 3.32. The number of methoxy groups -OCH3 is 1. The Balaban J connectivity index is 1.77. The lowest BCUT2D eigenvalue weighted by Gasteiger charge is -2.32. The maximum absolute atomic E-state index is 14.7. The van der Waals surface area contributed by atoms with Crippen LogP contribution in [0.25, 0.3) is 22.2 Å². The summed E-state index contributed by atoms with van der Waals surface area (Å²) in [7, 11) is -3.64. The minimum absolute atomic E-state index is 0.0423. The normalized spacial score (nSPS) is 16.8. The van der Waals surface area contributed by atoms with Crippen molar-refractivity contribution >= 4 is 33.6 Å². The van der Waals surface area contributed by atoms with Crippen LogP contribution in [0.3, 0.4) is 0 Å². The van der Waals surface area contributed by atoms with Crippen LogP contribution in [0.5, 0.6) is 5.75 Å². The smallest absolute Gasteiger partial charge is 0.493 e. The summed E-state index contributed by atoms with van der Waals surface area (Å²) in [5, 5.41) is 0.330. The Morgan fingerprint density at radius 3 is 2.21 bits per heavy atom. The first-order chi connectivity index (χ1) is 17.7. The molecule has 0 atom stereocenters. The van der Waals surface area contributed by atoms with Crippen LogP contribution in [-0.2, 0) is 19.3 Å². The second-order valence-corrected chi connectivity index (χ2v) is 12.2. The molecule has 1 fully saturated rings.